The number of rotatable bonds is 2. The summed E-state index contributed by atoms with van der Waals surface area (Å²) in [6, 6.07) is 3.19. The highest BCUT2D eigenvalue weighted by Crippen LogP contribution is 2.41. The summed E-state index contributed by atoms with van der Waals surface area (Å²) in [5.41, 5.74) is -1.44. The van der Waals surface area contributed by atoms with Crippen LogP contribution in [0.5, 0.6) is 11.5 Å². The molecule has 0 amide bonds. The second-order valence-corrected chi connectivity index (χ2v) is 4.40. The summed E-state index contributed by atoms with van der Waals surface area (Å²) < 4.78 is 24.8. The molecule has 0 radical (unpaired) electrons. The molecule has 0 saturated heterocycles. The first kappa shape index (κ1) is 10.7. The molecule has 1 aromatic carbocycles. The Balaban J connectivity index is 2.49. The number of halogens is 2. The molecule has 0 saturated carbocycles. The maximum atomic E-state index is 13.9. The van der Waals surface area contributed by atoms with Crippen LogP contribution in [0.1, 0.15) is 12.5 Å². The molecule has 1 aromatic rings. The number of fused-ring (bicyclic) bond motifs is 1. The lowest BCUT2D eigenvalue weighted by Gasteiger charge is -2.19. The zero-order chi connectivity index (χ0) is 11.1. The smallest absolute Gasteiger partial charge is 0.231 e. The molecule has 1 aliphatic rings. The van der Waals surface area contributed by atoms with Crippen LogP contribution in [0.4, 0.5) is 4.39 Å². The van der Waals surface area contributed by atoms with E-state index in [-0.39, 0.29) is 6.79 Å². The van der Waals surface area contributed by atoms with Gasteiger partial charge in [0.1, 0.15) is 0 Å². The van der Waals surface area contributed by atoms with E-state index < -0.39 is 12.3 Å². The normalized spacial score (nSPS) is 17.6. The Bertz CT molecular complexity index is 392. The van der Waals surface area contributed by atoms with Crippen LogP contribution in [-0.4, -0.2) is 18.5 Å². The molecule has 1 unspecified atom stereocenters. The van der Waals surface area contributed by atoms with Gasteiger partial charge in [0.2, 0.25) is 6.79 Å². The maximum Gasteiger partial charge on any atom is 0.231 e. The standard InChI is InChI=1S/C10H10BrFO3/c1-10(12,4-13)6-2-8-9(3-7(6)11)15-5-14-8/h2-3,13H,4-5H2,1H3. The van der Waals surface area contributed by atoms with Gasteiger partial charge in [-0.15, -0.1) is 0 Å². The molecule has 0 fully saturated rings. The van der Waals surface area contributed by atoms with Crippen molar-refractivity contribution in [3.05, 3.63) is 22.2 Å². The lowest BCUT2D eigenvalue weighted by molar-refractivity contribution is 0.0859. The molecule has 1 aliphatic heterocycles. The third-order valence-corrected chi connectivity index (χ3v) is 2.98. The van der Waals surface area contributed by atoms with Gasteiger partial charge in [0, 0.05) is 10.0 Å². The van der Waals surface area contributed by atoms with Crippen molar-refractivity contribution in [1.82, 2.24) is 0 Å². The van der Waals surface area contributed by atoms with Crippen molar-refractivity contribution in [2.24, 2.45) is 0 Å². The number of ether oxygens (including phenoxy) is 2. The van der Waals surface area contributed by atoms with Gasteiger partial charge in [-0.1, -0.05) is 15.9 Å². The van der Waals surface area contributed by atoms with E-state index >= 15 is 0 Å². The third kappa shape index (κ3) is 1.81. The van der Waals surface area contributed by atoms with E-state index in [1.54, 1.807) is 12.1 Å². The van der Waals surface area contributed by atoms with Crippen molar-refractivity contribution in [2.75, 3.05) is 13.4 Å². The SMILES string of the molecule is CC(F)(CO)c1cc2c(cc1Br)OCO2. The van der Waals surface area contributed by atoms with Gasteiger partial charge in [-0.25, -0.2) is 4.39 Å². The van der Waals surface area contributed by atoms with Gasteiger partial charge >= 0.3 is 0 Å². The Morgan fingerprint density at radius 1 is 1.47 bits per heavy atom. The number of aliphatic hydroxyl groups excluding tert-OH is 1. The molecule has 1 atom stereocenters. The molecule has 0 aromatic heterocycles. The number of hydrogen-bond donors (Lipinski definition) is 1. The summed E-state index contributed by atoms with van der Waals surface area (Å²) in [7, 11) is 0. The topological polar surface area (TPSA) is 38.7 Å². The van der Waals surface area contributed by atoms with E-state index in [1.807, 2.05) is 0 Å². The predicted octanol–water partition coefficient (Wildman–Crippen LogP) is 2.35. The number of alkyl halides is 1. The van der Waals surface area contributed by atoms with Crippen molar-refractivity contribution in [3.63, 3.8) is 0 Å². The predicted molar refractivity (Wildman–Crippen MR) is 55.8 cm³/mol. The first-order valence-electron chi connectivity index (χ1n) is 4.44. The van der Waals surface area contributed by atoms with E-state index in [4.69, 9.17) is 14.6 Å². The Morgan fingerprint density at radius 2 is 2.07 bits per heavy atom. The van der Waals surface area contributed by atoms with E-state index in [2.05, 4.69) is 15.9 Å². The molecule has 3 nitrogen and oxygen atoms in total. The van der Waals surface area contributed by atoms with Crippen LogP contribution >= 0.6 is 15.9 Å². The van der Waals surface area contributed by atoms with Gasteiger partial charge in [-0.05, 0) is 19.1 Å². The summed E-state index contributed by atoms with van der Waals surface area (Å²) in [5.74, 6) is 1.09. The first-order chi connectivity index (χ1) is 7.04. The fourth-order valence-electron chi connectivity index (χ4n) is 1.40. The van der Waals surface area contributed by atoms with Gasteiger partial charge < -0.3 is 14.6 Å². The molecular weight excluding hydrogens is 267 g/mol. The largest absolute Gasteiger partial charge is 0.454 e. The quantitative estimate of drug-likeness (QED) is 0.901. The van der Waals surface area contributed by atoms with Crippen LogP contribution < -0.4 is 9.47 Å². The second kappa shape index (κ2) is 3.64. The Labute approximate surface area is 94.9 Å². The fraction of sp³-hybridized carbons (Fsp3) is 0.400. The van der Waals surface area contributed by atoms with Crippen molar-refractivity contribution in [1.29, 1.82) is 0 Å². The molecule has 0 bridgehead atoms. The molecular formula is C10H10BrFO3. The van der Waals surface area contributed by atoms with E-state index in [9.17, 15) is 4.39 Å². The van der Waals surface area contributed by atoms with E-state index in [1.165, 1.54) is 6.92 Å². The number of hydrogen-bond acceptors (Lipinski definition) is 3. The first-order valence-corrected chi connectivity index (χ1v) is 5.23. The van der Waals surface area contributed by atoms with E-state index in [0.29, 0.717) is 21.5 Å². The highest BCUT2D eigenvalue weighted by atomic mass is 79.9. The molecule has 2 rings (SSSR count). The van der Waals surface area contributed by atoms with Crippen molar-refractivity contribution >= 4 is 15.9 Å². The lowest BCUT2D eigenvalue weighted by Crippen LogP contribution is -2.20. The molecule has 82 valence electrons. The summed E-state index contributed by atoms with van der Waals surface area (Å²) in [6.45, 7) is 0.883. The summed E-state index contributed by atoms with van der Waals surface area (Å²) in [5, 5.41) is 8.95. The van der Waals surface area contributed by atoms with Crippen LogP contribution in [0, 0.1) is 0 Å². The van der Waals surface area contributed by atoms with Crippen LogP contribution in [0.3, 0.4) is 0 Å². The second-order valence-electron chi connectivity index (χ2n) is 3.54. The number of benzene rings is 1. The van der Waals surface area contributed by atoms with Crippen molar-refractivity contribution in [2.45, 2.75) is 12.6 Å². The molecule has 1 N–H and O–H groups in total. The molecule has 1 heterocycles. The fourth-order valence-corrected chi connectivity index (χ4v) is 2.14. The average molecular weight is 277 g/mol. The van der Waals surface area contributed by atoms with Crippen molar-refractivity contribution in [3.8, 4) is 11.5 Å². The summed E-state index contributed by atoms with van der Waals surface area (Å²) in [4.78, 5) is 0. The molecule has 15 heavy (non-hydrogen) atoms. The zero-order valence-corrected chi connectivity index (χ0v) is 9.67. The van der Waals surface area contributed by atoms with Gasteiger partial charge in [0.15, 0.2) is 17.2 Å². The van der Waals surface area contributed by atoms with Crippen molar-refractivity contribution < 1.29 is 19.0 Å². The minimum absolute atomic E-state index is 0.146. The zero-order valence-electron chi connectivity index (χ0n) is 8.09. The number of aliphatic hydroxyl groups is 1. The van der Waals surface area contributed by atoms with Gasteiger partial charge in [0.05, 0.1) is 6.61 Å². The summed E-state index contributed by atoms with van der Waals surface area (Å²) in [6.07, 6.45) is 0. The minimum atomic E-state index is -1.79. The van der Waals surface area contributed by atoms with Gasteiger partial charge in [-0.2, -0.15) is 0 Å². The summed E-state index contributed by atoms with van der Waals surface area (Å²) >= 11 is 3.24. The molecule has 0 aliphatic carbocycles. The Hall–Kier alpha value is -0.810. The highest BCUT2D eigenvalue weighted by molar-refractivity contribution is 9.10. The maximum absolute atomic E-state index is 13.9. The van der Waals surface area contributed by atoms with Crippen LogP contribution in [0.15, 0.2) is 16.6 Å². The van der Waals surface area contributed by atoms with E-state index in [0.717, 1.165) is 0 Å². The van der Waals surface area contributed by atoms with Crippen LogP contribution in [-0.2, 0) is 5.67 Å². The Kier molecular flexibility index (Phi) is 2.60. The molecule has 0 spiro atoms. The average Bonchev–Trinajstić information content (AvgIpc) is 2.63. The highest BCUT2D eigenvalue weighted by Gasteiger charge is 2.30. The van der Waals surface area contributed by atoms with Crippen LogP contribution in [0.25, 0.3) is 0 Å². The third-order valence-electron chi connectivity index (χ3n) is 2.32. The monoisotopic (exact) mass is 276 g/mol. The van der Waals surface area contributed by atoms with Gasteiger partial charge in [0.25, 0.3) is 0 Å². The van der Waals surface area contributed by atoms with Crippen LogP contribution in [0.2, 0.25) is 0 Å². The molecule has 5 heteroatoms. The van der Waals surface area contributed by atoms with Gasteiger partial charge in [-0.3, -0.25) is 0 Å². The lowest BCUT2D eigenvalue weighted by atomic mass is 9.98. The Morgan fingerprint density at radius 3 is 2.67 bits per heavy atom. The minimum Gasteiger partial charge on any atom is -0.454 e.